The smallest absolute Gasteiger partial charge is 0.264 e. The summed E-state index contributed by atoms with van der Waals surface area (Å²) in [6.45, 7) is 2.26. The van der Waals surface area contributed by atoms with Gasteiger partial charge in [0.2, 0.25) is 0 Å². The average molecular weight is 471 g/mol. The van der Waals surface area contributed by atoms with Gasteiger partial charge in [0.15, 0.2) is 5.82 Å². The second-order valence-corrected chi connectivity index (χ2v) is 8.91. The van der Waals surface area contributed by atoms with E-state index in [1.807, 2.05) is 6.92 Å². The molecule has 4 aromatic rings. The molecule has 0 aliphatic rings. The van der Waals surface area contributed by atoms with Gasteiger partial charge in [-0.05, 0) is 55.0 Å². The zero-order valence-electron chi connectivity index (χ0n) is 17.4. The molecule has 0 N–H and O–H groups in total. The molecule has 0 unspecified atom stereocenters. The summed E-state index contributed by atoms with van der Waals surface area (Å²) in [5, 5.41) is 4.31. The van der Waals surface area contributed by atoms with Gasteiger partial charge in [0.1, 0.15) is 17.3 Å². The number of benzene rings is 2. The summed E-state index contributed by atoms with van der Waals surface area (Å²) in [5.41, 5.74) is 0.0500. The van der Waals surface area contributed by atoms with Crippen LogP contribution in [0.3, 0.4) is 0 Å². The Balaban J connectivity index is 1.88. The molecule has 10 heteroatoms. The lowest BCUT2D eigenvalue weighted by Gasteiger charge is -2.21. The Hall–Kier alpha value is -3.66. The zero-order chi connectivity index (χ0) is 23.8. The molecule has 33 heavy (non-hydrogen) atoms. The lowest BCUT2D eigenvalue weighted by atomic mass is 10.0. The Morgan fingerprint density at radius 1 is 1.06 bits per heavy atom. The Morgan fingerprint density at radius 2 is 1.79 bits per heavy atom. The minimum Gasteiger partial charge on any atom is -0.272 e. The second-order valence-electron chi connectivity index (χ2n) is 7.05. The molecule has 2 heterocycles. The van der Waals surface area contributed by atoms with Crippen molar-refractivity contribution in [2.24, 2.45) is 0 Å². The Labute approximate surface area is 189 Å². The highest BCUT2D eigenvalue weighted by molar-refractivity contribution is 7.92. The van der Waals surface area contributed by atoms with Crippen molar-refractivity contribution in [3.63, 3.8) is 0 Å². The van der Waals surface area contributed by atoms with E-state index in [0.717, 1.165) is 30.3 Å². The second kappa shape index (κ2) is 8.70. The van der Waals surface area contributed by atoms with Gasteiger partial charge in [-0.2, -0.15) is 5.10 Å². The van der Waals surface area contributed by atoms with E-state index in [9.17, 15) is 17.2 Å². The molecule has 2 aromatic heterocycles. The van der Waals surface area contributed by atoms with E-state index in [4.69, 9.17) is 0 Å². The molecule has 0 bridgehead atoms. The third-order valence-corrected chi connectivity index (χ3v) is 6.66. The molecular weight excluding hydrogens is 453 g/mol. The number of aryl methyl sites for hydroxylation is 1. The van der Waals surface area contributed by atoms with Crippen molar-refractivity contribution in [1.82, 2.24) is 14.8 Å². The number of nitrogens with zero attached hydrogens (tertiary/aromatic N) is 4. The van der Waals surface area contributed by atoms with Crippen LogP contribution in [0.4, 0.5) is 18.9 Å². The lowest BCUT2D eigenvalue weighted by Crippen LogP contribution is -2.25. The van der Waals surface area contributed by atoms with Crippen molar-refractivity contribution in [3.05, 3.63) is 91.6 Å². The fraction of sp³-hybridized carbons (Fsp3) is 0.0870. The van der Waals surface area contributed by atoms with Gasteiger partial charge in [-0.25, -0.2) is 21.6 Å². The van der Waals surface area contributed by atoms with Crippen molar-refractivity contribution in [2.75, 3.05) is 4.31 Å². The molecule has 2 aromatic carbocycles. The van der Waals surface area contributed by atoms with Crippen LogP contribution in [0.15, 0.2) is 72.0 Å². The van der Waals surface area contributed by atoms with Crippen molar-refractivity contribution >= 4 is 15.7 Å². The number of hydrogen-bond donors (Lipinski definition) is 0. The molecule has 0 atom stereocenters. The highest BCUT2D eigenvalue weighted by atomic mass is 32.2. The summed E-state index contributed by atoms with van der Waals surface area (Å²) in [6, 6.07) is 9.47. The molecule has 169 valence electrons. The van der Waals surface area contributed by atoms with Gasteiger partial charge in [0, 0.05) is 30.7 Å². The lowest BCUT2D eigenvalue weighted by molar-refractivity contribution is 0.579. The largest absolute Gasteiger partial charge is 0.272 e. The molecule has 0 aliphatic carbocycles. The molecule has 0 amide bonds. The summed E-state index contributed by atoms with van der Waals surface area (Å²) < 4.78 is 71.9. The number of anilines is 1. The van der Waals surface area contributed by atoms with Crippen molar-refractivity contribution in [1.29, 1.82) is 0 Å². The van der Waals surface area contributed by atoms with Crippen molar-refractivity contribution in [2.45, 2.75) is 18.4 Å². The predicted octanol–water partition coefficient (Wildman–Crippen LogP) is 5.04. The first kappa shape index (κ1) is 22.5. The third-order valence-electron chi connectivity index (χ3n) is 5.04. The first-order valence-corrected chi connectivity index (χ1v) is 11.3. The van der Waals surface area contributed by atoms with Crippen LogP contribution in [0.2, 0.25) is 0 Å². The van der Waals surface area contributed by atoms with E-state index in [-0.39, 0.29) is 5.69 Å². The number of hydrogen-bond acceptors (Lipinski definition) is 4. The third kappa shape index (κ3) is 4.09. The molecule has 0 aliphatic heterocycles. The minimum atomic E-state index is -4.42. The first-order valence-electron chi connectivity index (χ1n) is 9.81. The summed E-state index contributed by atoms with van der Waals surface area (Å²) >= 11 is 0. The molecule has 6 nitrogen and oxygen atoms in total. The van der Waals surface area contributed by atoms with Gasteiger partial charge < -0.3 is 0 Å². The predicted molar refractivity (Wildman–Crippen MR) is 118 cm³/mol. The number of halogens is 3. The van der Waals surface area contributed by atoms with Crippen LogP contribution in [-0.4, -0.2) is 23.2 Å². The van der Waals surface area contributed by atoms with Crippen molar-refractivity contribution in [3.8, 4) is 22.4 Å². The van der Waals surface area contributed by atoms with E-state index >= 15 is 4.39 Å². The van der Waals surface area contributed by atoms with Crippen LogP contribution in [0.5, 0.6) is 0 Å². The Bertz CT molecular complexity index is 1420. The first-order chi connectivity index (χ1) is 15.7. The number of pyridine rings is 1. The Kier molecular flexibility index (Phi) is 5.94. The van der Waals surface area contributed by atoms with E-state index in [2.05, 4.69) is 17.1 Å². The van der Waals surface area contributed by atoms with Gasteiger partial charge in [0.05, 0.1) is 23.2 Å². The highest BCUT2D eigenvalue weighted by Crippen LogP contribution is 2.38. The molecular formula is C23H18F3N4O2S. The van der Waals surface area contributed by atoms with E-state index < -0.39 is 43.6 Å². The van der Waals surface area contributed by atoms with Crippen LogP contribution in [0.25, 0.3) is 22.4 Å². The Morgan fingerprint density at radius 3 is 2.45 bits per heavy atom. The summed E-state index contributed by atoms with van der Waals surface area (Å²) in [5.74, 6) is -2.87. The van der Waals surface area contributed by atoms with Gasteiger partial charge in [0.25, 0.3) is 10.0 Å². The topological polar surface area (TPSA) is 68.1 Å². The van der Waals surface area contributed by atoms with Crippen LogP contribution in [-0.2, 0) is 16.6 Å². The minimum absolute atomic E-state index is 0.00328. The van der Waals surface area contributed by atoms with E-state index in [1.165, 1.54) is 23.1 Å². The molecule has 0 saturated carbocycles. The molecule has 4 rings (SSSR count). The van der Waals surface area contributed by atoms with Gasteiger partial charge in [-0.15, -0.1) is 0 Å². The normalized spacial score (nSPS) is 11.5. The van der Waals surface area contributed by atoms with Gasteiger partial charge in [-0.3, -0.25) is 14.0 Å². The van der Waals surface area contributed by atoms with E-state index in [1.54, 1.807) is 18.3 Å². The highest BCUT2D eigenvalue weighted by Gasteiger charge is 2.29. The van der Waals surface area contributed by atoms with Gasteiger partial charge in [-0.1, -0.05) is 6.07 Å². The number of aromatic nitrogens is 3. The van der Waals surface area contributed by atoms with Crippen LogP contribution >= 0.6 is 0 Å². The number of sulfonamides is 1. The maximum atomic E-state index is 15.7. The number of rotatable bonds is 6. The summed E-state index contributed by atoms with van der Waals surface area (Å²) in [6.07, 6.45) is 4.71. The summed E-state index contributed by atoms with van der Waals surface area (Å²) in [7, 11) is -0.985. The molecule has 0 spiro atoms. The fourth-order valence-corrected chi connectivity index (χ4v) is 4.51. The van der Waals surface area contributed by atoms with Gasteiger partial charge >= 0.3 is 0 Å². The fourth-order valence-electron chi connectivity index (χ4n) is 3.35. The maximum absolute atomic E-state index is 15.7. The van der Waals surface area contributed by atoms with Crippen molar-refractivity contribution < 1.29 is 21.6 Å². The quantitative estimate of drug-likeness (QED) is 0.395. The van der Waals surface area contributed by atoms with Crippen LogP contribution < -0.4 is 4.31 Å². The van der Waals surface area contributed by atoms with Crippen LogP contribution in [0.1, 0.15) is 6.92 Å². The summed E-state index contributed by atoms with van der Waals surface area (Å²) in [4.78, 5) is 3.53. The monoisotopic (exact) mass is 471 g/mol. The van der Waals surface area contributed by atoms with E-state index in [0.29, 0.717) is 22.0 Å². The zero-order valence-corrected chi connectivity index (χ0v) is 18.2. The molecule has 0 saturated heterocycles. The van der Waals surface area contributed by atoms with Crippen LogP contribution in [0, 0.1) is 24.5 Å². The maximum Gasteiger partial charge on any atom is 0.264 e. The molecule has 1 radical (unpaired) electrons. The standard InChI is InChI=1S/C23H18F3N4O2S/c1-3-30-14-18(15-9-11-27-12-10-15)23(28-30)21-19(25)7-8-20(22(21)26)29(2)33(31,32)17-6-4-5-16(24)13-17/h4-14H,2-3H2,1H3. The SMILES string of the molecule is [CH2]N(c1ccc(F)c(-c2nn(CC)cc2-c2ccncc2)c1F)S(=O)(=O)c1cccc(F)c1. The molecule has 0 fully saturated rings. The average Bonchev–Trinajstić information content (AvgIpc) is 3.23.